The first-order valence-corrected chi connectivity index (χ1v) is 2.09. The van der Waals surface area contributed by atoms with Crippen molar-refractivity contribution in [2.75, 3.05) is 7.11 Å². The molecule has 0 bridgehead atoms. The van der Waals surface area contributed by atoms with Gasteiger partial charge in [0.05, 0.1) is 13.4 Å². The van der Waals surface area contributed by atoms with Gasteiger partial charge in [-0.2, -0.15) is 0 Å². The molecule has 0 aliphatic carbocycles. The van der Waals surface area contributed by atoms with Gasteiger partial charge in [0, 0.05) is 0 Å². The van der Waals surface area contributed by atoms with Crippen LogP contribution in [-0.4, -0.2) is 7.11 Å². The Balaban J connectivity index is -0.000000125. The average Bonchev–Trinajstić information content (AvgIpc) is 1.61. The summed E-state index contributed by atoms with van der Waals surface area (Å²) in [5, 5.41) is 0. The van der Waals surface area contributed by atoms with E-state index in [1.165, 1.54) is 0 Å². The molecule has 52 valence electrons. The molecule has 1 nitrogen and oxygen atoms in total. The fraction of sp³-hybridized carbons (Fsp3) is 0.714. The Kier molecular flexibility index (Phi) is 31.3. The highest BCUT2D eigenvalue weighted by molar-refractivity contribution is 4.69. The quantitative estimate of drug-likeness (QED) is 0.506. The van der Waals surface area contributed by atoms with Gasteiger partial charge in [-0.1, -0.05) is 27.9 Å². The minimum atomic E-state index is 0. The second-order valence-corrected chi connectivity index (χ2v) is 1.02. The molecule has 0 unspecified atom stereocenters. The molecule has 0 heterocycles. The summed E-state index contributed by atoms with van der Waals surface area (Å²) in [5.74, 6) is 0. The van der Waals surface area contributed by atoms with Crippen molar-refractivity contribution in [3.05, 3.63) is 12.3 Å². The van der Waals surface area contributed by atoms with Gasteiger partial charge in [-0.15, -0.1) is 0 Å². The summed E-state index contributed by atoms with van der Waals surface area (Å²) in [6.45, 7) is 2.06. The van der Waals surface area contributed by atoms with Gasteiger partial charge in [-0.3, -0.25) is 0 Å². The maximum atomic E-state index is 4.60. The smallest absolute Gasteiger partial charge is 0.0784 e. The molecule has 0 amide bonds. The van der Waals surface area contributed by atoms with Crippen molar-refractivity contribution in [1.29, 1.82) is 0 Å². The molecule has 0 aromatic rings. The summed E-state index contributed by atoms with van der Waals surface area (Å²) in [6, 6.07) is 0. The molecule has 0 aromatic heterocycles. The normalized spacial score (nSPS) is 7.25. The van der Waals surface area contributed by atoms with E-state index in [1.807, 2.05) is 6.08 Å². The zero-order valence-electron chi connectivity index (χ0n) is 4.27. The first-order chi connectivity index (χ1) is 2.91. The zero-order valence-corrected chi connectivity index (χ0v) is 4.27. The van der Waals surface area contributed by atoms with Crippen molar-refractivity contribution in [3.8, 4) is 0 Å². The van der Waals surface area contributed by atoms with E-state index in [1.54, 1.807) is 13.4 Å². The third-order valence-electron chi connectivity index (χ3n) is 0.468. The van der Waals surface area contributed by atoms with Crippen molar-refractivity contribution in [1.82, 2.24) is 0 Å². The SMILES string of the molecule is C.C.CCC=COC. The molecular formula is C7H18O. The highest BCUT2D eigenvalue weighted by atomic mass is 16.5. The van der Waals surface area contributed by atoms with E-state index in [-0.39, 0.29) is 14.9 Å². The van der Waals surface area contributed by atoms with Crippen LogP contribution in [0.25, 0.3) is 0 Å². The van der Waals surface area contributed by atoms with E-state index in [9.17, 15) is 0 Å². The molecule has 0 spiro atoms. The van der Waals surface area contributed by atoms with Crippen LogP contribution in [0.2, 0.25) is 0 Å². The van der Waals surface area contributed by atoms with Crippen molar-refractivity contribution in [2.24, 2.45) is 0 Å². The van der Waals surface area contributed by atoms with Crippen LogP contribution >= 0.6 is 0 Å². The number of rotatable bonds is 2. The minimum absolute atomic E-state index is 0. The van der Waals surface area contributed by atoms with E-state index in [4.69, 9.17) is 0 Å². The minimum Gasteiger partial charge on any atom is -0.505 e. The Morgan fingerprint density at radius 2 is 1.88 bits per heavy atom. The van der Waals surface area contributed by atoms with E-state index >= 15 is 0 Å². The van der Waals surface area contributed by atoms with Gasteiger partial charge in [-0.05, 0) is 6.42 Å². The van der Waals surface area contributed by atoms with Crippen LogP contribution in [0.3, 0.4) is 0 Å². The van der Waals surface area contributed by atoms with Crippen molar-refractivity contribution < 1.29 is 4.74 Å². The summed E-state index contributed by atoms with van der Waals surface area (Å²) in [4.78, 5) is 0. The van der Waals surface area contributed by atoms with Crippen LogP contribution in [0.15, 0.2) is 12.3 Å². The Morgan fingerprint density at radius 3 is 2.00 bits per heavy atom. The van der Waals surface area contributed by atoms with Crippen LogP contribution in [0.1, 0.15) is 28.2 Å². The monoisotopic (exact) mass is 118 g/mol. The van der Waals surface area contributed by atoms with Gasteiger partial charge in [-0.25, -0.2) is 0 Å². The fourth-order valence-corrected chi connectivity index (χ4v) is 0.192. The molecule has 0 N–H and O–H groups in total. The summed E-state index contributed by atoms with van der Waals surface area (Å²) in [6.07, 6.45) is 4.69. The number of hydrogen-bond acceptors (Lipinski definition) is 1. The van der Waals surface area contributed by atoms with E-state index in [0.717, 1.165) is 6.42 Å². The molecule has 0 aliphatic heterocycles. The Hall–Kier alpha value is -0.460. The van der Waals surface area contributed by atoms with Gasteiger partial charge in [0.2, 0.25) is 0 Å². The number of allylic oxidation sites excluding steroid dienone is 1. The molecule has 0 aromatic carbocycles. The summed E-state index contributed by atoms with van der Waals surface area (Å²) in [7, 11) is 1.64. The van der Waals surface area contributed by atoms with Crippen molar-refractivity contribution >= 4 is 0 Å². The molecule has 0 rings (SSSR count). The first-order valence-electron chi connectivity index (χ1n) is 2.09. The Morgan fingerprint density at radius 1 is 1.38 bits per heavy atom. The van der Waals surface area contributed by atoms with Crippen LogP contribution in [0.4, 0.5) is 0 Å². The fourth-order valence-electron chi connectivity index (χ4n) is 0.192. The topological polar surface area (TPSA) is 9.23 Å². The molecule has 1 heteroatoms. The van der Waals surface area contributed by atoms with Gasteiger partial charge in [0.1, 0.15) is 0 Å². The highest BCUT2D eigenvalue weighted by Crippen LogP contribution is 1.76. The standard InChI is InChI=1S/C5H10O.2CH4/c1-3-4-5-6-2;;/h4-5H,3H2,1-2H3;2*1H4. The van der Waals surface area contributed by atoms with Crippen molar-refractivity contribution in [3.63, 3.8) is 0 Å². The Bertz CT molecular complexity index is 33.7. The van der Waals surface area contributed by atoms with E-state index in [2.05, 4.69) is 11.7 Å². The van der Waals surface area contributed by atoms with Gasteiger partial charge >= 0.3 is 0 Å². The van der Waals surface area contributed by atoms with Crippen LogP contribution in [-0.2, 0) is 4.74 Å². The molecule has 0 fully saturated rings. The number of hydrogen-bond donors (Lipinski definition) is 0. The molecule has 0 atom stereocenters. The first kappa shape index (κ1) is 15.6. The lowest BCUT2D eigenvalue weighted by Crippen LogP contribution is -1.61. The third kappa shape index (κ3) is 17.7. The summed E-state index contributed by atoms with van der Waals surface area (Å²) < 4.78 is 4.60. The maximum Gasteiger partial charge on any atom is 0.0784 e. The second kappa shape index (κ2) is 16.0. The largest absolute Gasteiger partial charge is 0.505 e. The summed E-state index contributed by atoms with van der Waals surface area (Å²) in [5.41, 5.74) is 0. The lowest BCUT2D eigenvalue weighted by atomic mass is 10.5. The van der Waals surface area contributed by atoms with Crippen LogP contribution < -0.4 is 0 Å². The predicted molar refractivity (Wildman–Crippen MR) is 39.9 cm³/mol. The molecule has 8 heavy (non-hydrogen) atoms. The van der Waals surface area contributed by atoms with Crippen LogP contribution in [0, 0.1) is 0 Å². The maximum absolute atomic E-state index is 4.60. The zero-order chi connectivity index (χ0) is 4.83. The molecule has 0 saturated carbocycles. The predicted octanol–water partition coefficient (Wildman–Crippen LogP) is 2.83. The van der Waals surface area contributed by atoms with Gasteiger partial charge in [0.15, 0.2) is 0 Å². The molecular weight excluding hydrogens is 100 g/mol. The molecule has 0 radical (unpaired) electrons. The Labute approximate surface area is 53.4 Å². The van der Waals surface area contributed by atoms with Crippen molar-refractivity contribution in [2.45, 2.75) is 28.2 Å². The number of ether oxygens (including phenoxy) is 1. The van der Waals surface area contributed by atoms with Gasteiger partial charge in [0.25, 0.3) is 0 Å². The average molecular weight is 118 g/mol. The third-order valence-corrected chi connectivity index (χ3v) is 0.468. The van der Waals surface area contributed by atoms with E-state index in [0.29, 0.717) is 0 Å². The number of methoxy groups -OCH3 is 1. The van der Waals surface area contributed by atoms with E-state index < -0.39 is 0 Å². The highest BCUT2D eigenvalue weighted by Gasteiger charge is 1.58. The molecule has 0 saturated heterocycles. The second-order valence-electron chi connectivity index (χ2n) is 1.02. The molecule has 0 aliphatic rings. The van der Waals surface area contributed by atoms with Crippen LogP contribution in [0.5, 0.6) is 0 Å². The lowest BCUT2D eigenvalue weighted by Gasteiger charge is -1.80. The van der Waals surface area contributed by atoms with Gasteiger partial charge < -0.3 is 4.74 Å². The lowest BCUT2D eigenvalue weighted by molar-refractivity contribution is 0.336. The summed E-state index contributed by atoms with van der Waals surface area (Å²) >= 11 is 0.